The predicted octanol–water partition coefficient (Wildman–Crippen LogP) is 1.70. The topological polar surface area (TPSA) is 22.1 Å². The van der Waals surface area contributed by atoms with Crippen LogP contribution in [0.4, 0.5) is 0 Å². The van der Waals surface area contributed by atoms with Gasteiger partial charge < -0.3 is 0 Å². The summed E-state index contributed by atoms with van der Waals surface area (Å²) in [6, 6.07) is 21.4. The van der Waals surface area contributed by atoms with Crippen LogP contribution in [-0.4, -0.2) is 26.7 Å². The first-order valence-corrected chi connectivity index (χ1v) is 11.7. The van der Waals surface area contributed by atoms with Gasteiger partial charge in [0.1, 0.15) is 0 Å². The van der Waals surface area contributed by atoms with Crippen LogP contribution in [0.5, 0.6) is 11.5 Å². The van der Waals surface area contributed by atoms with E-state index in [9.17, 15) is 0 Å². The van der Waals surface area contributed by atoms with Crippen molar-refractivity contribution in [3.63, 3.8) is 0 Å². The molecule has 0 unspecified atom stereocenters. The van der Waals surface area contributed by atoms with Crippen LogP contribution < -0.4 is 14.6 Å². The monoisotopic (exact) mass is 455 g/mol. The van der Waals surface area contributed by atoms with Gasteiger partial charge in [-0.05, 0) is 0 Å². The second-order valence-corrected chi connectivity index (χ2v) is 12.9. The summed E-state index contributed by atoms with van der Waals surface area (Å²) < 4.78 is 10.3. The molecule has 2 heterocycles. The molecule has 0 amide bonds. The molecule has 2 aromatic carbocycles. The SMILES string of the molecule is c1cc[c]([Bi]2[c]3ccccc3Oc3cncc[c]32)cc1. The third-order valence-corrected chi connectivity index (χ3v) is 13.1. The van der Waals surface area contributed by atoms with Crippen LogP contribution in [0.2, 0.25) is 0 Å². The standard InChI is InChI=1S/C11H7NO.C6H5.Bi/c1-2-5-10(6-3-1)13-11-7-4-8-12-9-11;1-2-4-6-5-3-1;/h1-5,8-9H;1-5H;. The average Bonchev–Trinajstić information content (AvgIpc) is 2.53. The molecule has 1 aliphatic heterocycles. The van der Waals surface area contributed by atoms with Crippen molar-refractivity contribution in [3.05, 3.63) is 73.1 Å². The fourth-order valence-electron chi connectivity index (χ4n) is 2.47. The van der Waals surface area contributed by atoms with E-state index in [-0.39, 0.29) is 0 Å². The number of pyridine rings is 1. The van der Waals surface area contributed by atoms with Gasteiger partial charge >= 0.3 is 126 Å². The van der Waals surface area contributed by atoms with Gasteiger partial charge in [-0.1, -0.05) is 0 Å². The van der Waals surface area contributed by atoms with Crippen LogP contribution in [0.25, 0.3) is 0 Å². The summed E-state index contributed by atoms with van der Waals surface area (Å²) in [5.74, 6) is 1.95. The molecule has 20 heavy (non-hydrogen) atoms. The fraction of sp³-hybridized carbons (Fsp3) is 0. The van der Waals surface area contributed by atoms with E-state index in [1.165, 1.54) is 9.81 Å². The Morgan fingerprint density at radius 1 is 0.750 bits per heavy atom. The number of para-hydroxylation sites is 1. The summed E-state index contributed by atoms with van der Waals surface area (Å²) in [6.45, 7) is 0. The van der Waals surface area contributed by atoms with Crippen LogP contribution in [0.1, 0.15) is 0 Å². The molecular weight excluding hydrogens is 443 g/mol. The quantitative estimate of drug-likeness (QED) is 0.408. The molecule has 0 saturated heterocycles. The molecule has 0 atom stereocenters. The summed E-state index contributed by atoms with van der Waals surface area (Å²) in [4.78, 5) is 4.21. The Morgan fingerprint density at radius 3 is 2.40 bits per heavy atom. The summed E-state index contributed by atoms with van der Waals surface area (Å²) in [5.41, 5.74) is 0. The number of hydrogen-bond donors (Lipinski definition) is 0. The van der Waals surface area contributed by atoms with Gasteiger partial charge in [-0.15, -0.1) is 0 Å². The molecular formula is C17H12BiNO. The number of rotatable bonds is 1. The molecule has 0 saturated carbocycles. The van der Waals surface area contributed by atoms with E-state index >= 15 is 0 Å². The first-order valence-electron chi connectivity index (χ1n) is 6.49. The Morgan fingerprint density at radius 2 is 1.50 bits per heavy atom. The summed E-state index contributed by atoms with van der Waals surface area (Å²) in [7, 11) is 0. The van der Waals surface area contributed by atoms with Crippen molar-refractivity contribution in [2.75, 3.05) is 0 Å². The number of fused-ring (bicyclic) bond motifs is 2. The number of ether oxygens (including phenoxy) is 1. The summed E-state index contributed by atoms with van der Waals surface area (Å²) >= 11 is -2.22. The molecule has 0 spiro atoms. The number of hydrogen-bond acceptors (Lipinski definition) is 2. The van der Waals surface area contributed by atoms with Gasteiger partial charge in [0.05, 0.1) is 0 Å². The van der Waals surface area contributed by atoms with Gasteiger partial charge in [-0.25, -0.2) is 0 Å². The Balaban J connectivity index is 1.98. The van der Waals surface area contributed by atoms with Gasteiger partial charge in [0.2, 0.25) is 0 Å². The molecule has 2 nitrogen and oxygen atoms in total. The van der Waals surface area contributed by atoms with E-state index in [1.54, 1.807) is 0 Å². The van der Waals surface area contributed by atoms with Crippen molar-refractivity contribution in [3.8, 4) is 11.5 Å². The van der Waals surface area contributed by atoms with Crippen LogP contribution in [0.3, 0.4) is 0 Å². The third kappa shape index (κ3) is 1.94. The van der Waals surface area contributed by atoms with E-state index in [0.29, 0.717) is 0 Å². The minimum atomic E-state index is -2.22. The molecule has 4 rings (SSSR count). The Kier molecular flexibility index (Phi) is 3.01. The van der Waals surface area contributed by atoms with Gasteiger partial charge in [0.25, 0.3) is 0 Å². The summed E-state index contributed by atoms with van der Waals surface area (Å²) in [6.07, 6.45) is 3.72. The Labute approximate surface area is 125 Å². The molecule has 1 aliphatic rings. The molecule has 0 fully saturated rings. The van der Waals surface area contributed by atoms with Crippen molar-refractivity contribution < 1.29 is 4.74 Å². The predicted molar refractivity (Wildman–Crippen MR) is 81.9 cm³/mol. The van der Waals surface area contributed by atoms with Crippen molar-refractivity contribution in [1.82, 2.24) is 4.98 Å². The molecule has 3 aromatic rings. The van der Waals surface area contributed by atoms with E-state index in [0.717, 1.165) is 11.5 Å². The second kappa shape index (κ2) is 4.99. The van der Waals surface area contributed by atoms with Crippen LogP contribution in [-0.2, 0) is 0 Å². The van der Waals surface area contributed by atoms with Crippen molar-refractivity contribution in [2.45, 2.75) is 0 Å². The van der Waals surface area contributed by atoms with Crippen LogP contribution >= 0.6 is 0 Å². The van der Waals surface area contributed by atoms with Crippen LogP contribution in [0.15, 0.2) is 73.1 Å². The molecule has 0 N–H and O–H groups in total. The average molecular weight is 455 g/mol. The fourth-order valence-corrected chi connectivity index (χ4v) is 11.8. The molecule has 0 radical (unpaired) electrons. The Hall–Kier alpha value is -1.73. The van der Waals surface area contributed by atoms with Gasteiger partial charge in [-0.2, -0.15) is 0 Å². The maximum absolute atomic E-state index is 6.02. The normalized spacial score (nSPS) is 13.2. The molecule has 1 aromatic heterocycles. The van der Waals surface area contributed by atoms with E-state index in [2.05, 4.69) is 59.6 Å². The van der Waals surface area contributed by atoms with Crippen molar-refractivity contribution in [1.29, 1.82) is 0 Å². The number of aromatic nitrogens is 1. The maximum atomic E-state index is 6.02. The summed E-state index contributed by atoms with van der Waals surface area (Å²) in [5, 5.41) is 0. The Bertz CT molecular complexity index is 712. The van der Waals surface area contributed by atoms with E-state index < -0.39 is 21.8 Å². The minimum absolute atomic E-state index is 0.938. The first kappa shape index (κ1) is 12.0. The first-order chi connectivity index (χ1) is 9.93. The van der Waals surface area contributed by atoms with Crippen LogP contribution in [0, 0.1) is 0 Å². The van der Waals surface area contributed by atoms with E-state index in [4.69, 9.17) is 4.74 Å². The van der Waals surface area contributed by atoms with Gasteiger partial charge in [0.15, 0.2) is 0 Å². The van der Waals surface area contributed by atoms with Crippen molar-refractivity contribution >= 4 is 31.6 Å². The van der Waals surface area contributed by atoms with Crippen molar-refractivity contribution in [2.24, 2.45) is 0 Å². The molecule has 0 aliphatic carbocycles. The van der Waals surface area contributed by atoms with E-state index in [1.807, 2.05) is 18.5 Å². The van der Waals surface area contributed by atoms with Gasteiger partial charge in [0, 0.05) is 0 Å². The number of nitrogens with zero attached hydrogens (tertiary/aromatic N) is 1. The molecule has 3 heteroatoms. The second-order valence-electron chi connectivity index (χ2n) is 4.58. The zero-order valence-electron chi connectivity index (χ0n) is 10.7. The van der Waals surface area contributed by atoms with Gasteiger partial charge in [-0.3, -0.25) is 0 Å². The zero-order chi connectivity index (χ0) is 13.4. The zero-order valence-corrected chi connectivity index (χ0v) is 14.2. The molecule has 0 bridgehead atoms. The third-order valence-electron chi connectivity index (χ3n) is 3.34. The molecule has 96 valence electrons. The number of benzene rings is 2.